The second kappa shape index (κ2) is 6.73. The number of nitrogens with one attached hydrogen (secondary N) is 1. The van der Waals surface area contributed by atoms with Gasteiger partial charge >= 0.3 is 0 Å². The molecule has 1 atom stereocenters. The summed E-state index contributed by atoms with van der Waals surface area (Å²) in [7, 11) is 1.43. The number of carbonyl (C=O) groups excluding carboxylic acids is 3. The van der Waals surface area contributed by atoms with Gasteiger partial charge in [0, 0.05) is 12.6 Å². The van der Waals surface area contributed by atoms with Crippen LogP contribution in [0.4, 0.5) is 0 Å². The molecule has 140 valence electrons. The molecule has 0 unspecified atom stereocenters. The van der Waals surface area contributed by atoms with Crippen molar-refractivity contribution in [3.8, 4) is 5.69 Å². The van der Waals surface area contributed by atoms with Gasteiger partial charge in [0.1, 0.15) is 12.7 Å². The van der Waals surface area contributed by atoms with E-state index in [1.54, 1.807) is 17.1 Å². The fraction of sp³-hybridized carbons (Fsp3) is 0.150. The summed E-state index contributed by atoms with van der Waals surface area (Å²) in [5, 5.41) is 6.99. The predicted molar refractivity (Wildman–Crippen MR) is 100 cm³/mol. The van der Waals surface area contributed by atoms with Crippen LogP contribution < -0.4 is 5.32 Å². The highest BCUT2D eigenvalue weighted by molar-refractivity contribution is 6.21. The summed E-state index contributed by atoms with van der Waals surface area (Å²) in [6, 6.07) is 11.9. The van der Waals surface area contributed by atoms with Crippen LogP contribution in [0.1, 0.15) is 49.6 Å². The van der Waals surface area contributed by atoms with Crippen molar-refractivity contribution >= 4 is 17.7 Å². The molecule has 0 saturated heterocycles. The molecule has 2 heterocycles. The number of imide groups is 1. The Morgan fingerprint density at radius 1 is 1.04 bits per heavy atom. The van der Waals surface area contributed by atoms with E-state index in [1.165, 1.54) is 25.5 Å². The van der Waals surface area contributed by atoms with Gasteiger partial charge in [-0.25, -0.2) is 9.67 Å². The first kappa shape index (κ1) is 17.6. The number of benzene rings is 2. The molecule has 4 rings (SSSR count). The van der Waals surface area contributed by atoms with E-state index in [1.807, 2.05) is 31.2 Å². The number of hydrogen-bond donors (Lipinski definition) is 1. The van der Waals surface area contributed by atoms with E-state index in [0.29, 0.717) is 11.1 Å². The number of rotatable bonds is 4. The highest BCUT2D eigenvalue weighted by Gasteiger charge is 2.33. The van der Waals surface area contributed by atoms with E-state index in [0.717, 1.165) is 16.2 Å². The van der Waals surface area contributed by atoms with Crippen molar-refractivity contribution < 1.29 is 14.4 Å². The normalized spacial score (nSPS) is 14.1. The van der Waals surface area contributed by atoms with Crippen LogP contribution in [0, 0.1) is 0 Å². The maximum Gasteiger partial charge on any atom is 0.261 e. The molecule has 0 bridgehead atoms. The molecule has 0 spiro atoms. The molecule has 0 aliphatic carbocycles. The summed E-state index contributed by atoms with van der Waals surface area (Å²) in [6.07, 6.45) is 3.07. The zero-order valence-electron chi connectivity index (χ0n) is 15.3. The molecule has 8 nitrogen and oxygen atoms in total. The Kier molecular flexibility index (Phi) is 4.23. The second-order valence-corrected chi connectivity index (χ2v) is 6.56. The Morgan fingerprint density at radius 2 is 1.75 bits per heavy atom. The molecule has 1 aromatic heterocycles. The third kappa shape index (κ3) is 2.94. The molecule has 0 fully saturated rings. The van der Waals surface area contributed by atoms with Gasteiger partial charge in [-0.15, -0.1) is 0 Å². The lowest BCUT2D eigenvalue weighted by molar-refractivity contribution is 0.0693. The first-order valence-corrected chi connectivity index (χ1v) is 8.68. The van der Waals surface area contributed by atoms with Crippen LogP contribution in [-0.4, -0.2) is 44.4 Å². The lowest BCUT2D eigenvalue weighted by Gasteiger charge is -2.15. The Morgan fingerprint density at radius 3 is 2.43 bits per heavy atom. The maximum absolute atomic E-state index is 12.6. The maximum atomic E-state index is 12.6. The van der Waals surface area contributed by atoms with Crippen molar-refractivity contribution in [2.75, 3.05) is 7.05 Å². The topological polar surface area (TPSA) is 97.2 Å². The Balaban J connectivity index is 1.50. The molecule has 3 amide bonds. The van der Waals surface area contributed by atoms with Crippen molar-refractivity contribution in [2.45, 2.75) is 13.0 Å². The van der Waals surface area contributed by atoms with Crippen LogP contribution in [0.15, 0.2) is 55.1 Å². The summed E-state index contributed by atoms with van der Waals surface area (Å²) < 4.78 is 1.65. The Hall–Kier alpha value is -3.81. The fourth-order valence-corrected chi connectivity index (χ4v) is 3.12. The van der Waals surface area contributed by atoms with Crippen LogP contribution in [0.5, 0.6) is 0 Å². The van der Waals surface area contributed by atoms with Crippen molar-refractivity contribution in [1.82, 2.24) is 25.0 Å². The molecule has 1 aliphatic heterocycles. The molecule has 0 radical (unpaired) electrons. The summed E-state index contributed by atoms with van der Waals surface area (Å²) in [5.41, 5.74) is 2.70. The number of nitrogens with zero attached hydrogens (tertiary/aromatic N) is 4. The van der Waals surface area contributed by atoms with Gasteiger partial charge in [0.2, 0.25) is 0 Å². The molecular weight excluding hydrogens is 358 g/mol. The number of fused-ring (bicyclic) bond motifs is 1. The number of hydrogen-bond acceptors (Lipinski definition) is 5. The van der Waals surface area contributed by atoms with Gasteiger partial charge in [-0.1, -0.05) is 12.1 Å². The van der Waals surface area contributed by atoms with E-state index in [4.69, 9.17) is 0 Å². The van der Waals surface area contributed by atoms with Gasteiger partial charge in [-0.05, 0) is 42.8 Å². The zero-order chi connectivity index (χ0) is 19.8. The van der Waals surface area contributed by atoms with Gasteiger partial charge in [-0.2, -0.15) is 5.10 Å². The molecule has 8 heteroatoms. The van der Waals surface area contributed by atoms with Crippen molar-refractivity contribution in [3.05, 3.63) is 77.4 Å². The van der Waals surface area contributed by atoms with Crippen molar-refractivity contribution in [3.63, 3.8) is 0 Å². The third-order valence-electron chi connectivity index (χ3n) is 4.78. The number of aromatic nitrogens is 3. The average molecular weight is 375 g/mol. The van der Waals surface area contributed by atoms with Crippen LogP contribution in [-0.2, 0) is 0 Å². The van der Waals surface area contributed by atoms with E-state index < -0.39 is 5.91 Å². The van der Waals surface area contributed by atoms with Gasteiger partial charge in [0.05, 0.1) is 22.9 Å². The van der Waals surface area contributed by atoms with Gasteiger partial charge < -0.3 is 5.32 Å². The van der Waals surface area contributed by atoms with Gasteiger partial charge in [0.25, 0.3) is 17.7 Å². The molecule has 1 aliphatic rings. The van der Waals surface area contributed by atoms with Crippen molar-refractivity contribution in [2.24, 2.45) is 0 Å². The highest BCUT2D eigenvalue weighted by atomic mass is 16.2. The molecule has 1 N–H and O–H groups in total. The largest absolute Gasteiger partial charge is 0.346 e. The van der Waals surface area contributed by atoms with Gasteiger partial charge in [0.15, 0.2) is 0 Å². The van der Waals surface area contributed by atoms with E-state index in [9.17, 15) is 14.4 Å². The Bertz CT molecular complexity index is 1070. The van der Waals surface area contributed by atoms with E-state index >= 15 is 0 Å². The molecule has 2 aromatic carbocycles. The average Bonchev–Trinajstić information content (AvgIpc) is 3.32. The van der Waals surface area contributed by atoms with Crippen molar-refractivity contribution in [1.29, 1.82) is 0 Å². The van der Waals surface area contributed by atoms with E-state index in [2.05, 4.69) is 15.4 Å². The molecule has 3 aromatic rings. The summed E-state index contributed by atoms with van der Waals surface area (Å²) in [4.78, 5) is 41.6. The van der Waals surface area contributed by atoms with Crippen LogP contribution >= 0.6 is 0 Å². The summed E-state index contributed by atoms with van der Waals surface area (Å²) in [5.74, 6) is -1.07. The minimum absolute atomic E-state index is 0.245. The minimum Gasteiger partial charge on any atom is -0.346 e. The smallest absolute Gasteiger partial charge is 0.261 e. The third-order valence-corrected chi connectivity index (χ3v) is 4.78. The monoisotopic (exact) mass is 375 g/mol. The van der Waals surface area contributed by atoms with Crippen LogP contribution in [0.25, 0.3) is 5.69 Å². The van der Waals surface area contributed by atoms with E-state index in [-0.39, 0.29) is 23.4 Å². The first-order valence-electron chi connectivity index (χ1n) is 8.68. The van der Waals surface area contributed by atoms with Gasteiger partial charge in [-0.3, -0.25) is 19.3 Å². The van der Waals surface area contributed by atoms with Crippen LogP contribution in [0.3, 0.4) is 0 Å². The summed E-state index contributed by atoms with van der Waals surface area (Å²) in [6.45, 7) is 1.87. The molecular formula is C20H17N5O3. The predicted octanol–water partition coefficient (Wildman–Crippen LogP) is 1.98. The standard InChI is InChI=1S/C20H17N5O3/c1-12(13-3-6-15(7-4-13)25-11-21-10-22-25)23-18(26)14-5-8-16-17(9-14)20(28)24(2)19(16)27/h3-12H,1-2H3,(H,23,26)/t12-/m0/s1. The lowest BCUT2D eigenvalue weighted by atomic mass is 10.0. The molecule has 0 saturated carbocycles. The zero-order valence-corrected chi connectivity index (χ0v) is 15.3. The SMILES string of the molecule is C[C@H](NC(=O)c1ccc2c(c1)C(=O)N(C)C2=O)c1ccc(-n2cncn2)cc1. The Labute approximate surface area is 160 Å². The first-order chi connectivity index (χ1) is 13.5. The fourth-order valence-electron chi connectivity index (χ4n) is 3.12. The minimum atomic E-state index is -0.397. The highest BCUT2D eigenvalue weighted by Crippen LogP contribution is 2.23. The number of amides is 3. The quantitative estimate of drug-likeness (QED) is 0.704. The van der Waals surface area contributed by atoms with Crippen LogP contribution in [0.2, 0.25) is 0 Å². The second-order valence-electron chi connectivity index (χ2n) is 6.56. The number of carbonyl (C=O) groups is 3. The summed E-state index contributed by atoms with van der Waals surface area (Å²) >= 11 is 0. The lowest BCUT2D eigenvalue weighted by Crippen LogP contribution is -2.27. The molecule has 28 heavy (non-hydrogen) atoms.